The third-order valence-corrected chi connectivity index (χ3v) is 7.12. The van der Waals surface area contributed by atoms with Crippen LogP contribution in [0.4, 0.5) is 11.4 Å². The molecule has 2 spiro atoms. The standard InChI is InChI=1S/C27H20N4O3/c1-30-21-13-7-6-12-19(21)27(25(30)33)26(20(15-28)23(29)34-27)18-11-5-8-14-22(18)31(24(26)32)16-17-9-3-2-4-10-17/h2-14H,16,29H2,1H3/t26-,27-/m0/s1. The summed E-state index contributed by atoms with van der Waals surface area (Å²) >= 11 is 0. The van der Waals surface area contributed by atoms with Gasteiger partial charge in [-0.2, -0.15) is 5.26 Å². The number of para-hydroxylation sites is 2. The number of ether oxygens (including phenoxy) is 1. The number of rotatable bonds is 2. The van der Waals surface area contributed by atoms with Crippen LogP contribution in [0.5, 0.6) is 0 Å². The molecule has 0 radical (unpaired) electrons. The van der Waals surface area contributed by atoms with E-state index in [1.165, 1.54) is 4.90 Å². The van der Waals surface area contributed by atoms with Gasteiger partial charge in [-0.1, -0.05) is 66.7 Å². The second-order valence-electron chi connectivity index (χ2n) is 8.66. The van der Waals surface area contributed by atoms with Gasteiger partial charge in [0.05, 0.1) is 12.2 Å². The van der Waals surface area contributed by atoms with Crippen LogP contribution in [0.2, 0.25) is 0 Å². The van der Waals surface area contributed by atoms with Crippen LogP contribution >= 0.6 is 0 Å². The van der Waals surface area contributed by atoms with Gasteiger partial charge in [0.2, 0.25) is 17.4 Å². The Balaban J connectivity index is 1.68. The molecular weight excluding hydrogens is 428 g/mol. The van der Waals surface area contributed by atoms with E-state index in [1.807, 2.05) is 48.5 Å². The fourth-order valence-corrected chi connectivity index (χ4v) is 5.74. The average Bonchev–Trinajstić information content (AvgIpc) is 3.37. The fourth-order valence-electron chi connectivity index (χ4n) is 5.74. The Hall–Kier alpha value is -4.57. The number of hydrogen-bond acceptors (Lipinski definition) is 5. The number of hydrogen-bond donors (Lipinski definition) is 1. The summed E-state index contributed by atoms with van der Waals surface area (Å²) in [6.07, 6.45) is 0. The van der Waals surface area contributed by atoms with Gasteiger partial charge in [-0.05, 0) is 17.7 Å². The lowest BCUT2D eigenvalue weighted by Crippen LogP contribution is -2.58. The van der Waals surface area contributed by atoms with Gasteiger partial charge in [0, 0.05) is 23.9 Å². The van der Waals surface area contributed by atoms with Crippen molar-refractivity contribution in [3.8, 4) is 6.07 Å². The molecule has 7 nitrogen and oxygen atoms in total. The third kappa shape index (κ3) is 2.10. The van der Waals surface area contributed by atoms with Crippen LogP contribution < -0.4 is 15.5 Å². The van der Waals surface area contributed by atoms with Crippen molar-refractivity contribution in [3.63, 3.8) is 0 Å². The quantitative estimate of drug-likeness (QED) is 0.650. The summed E-state index contributed by atoms with van der Waals surface area (Å²) in [6.45, 7) is 0.277. The maximum absolute atomic E-state index is 14.6. The van der Waals surface area contributed by atoms with E-state index in [1.54, 1.807) is 42.3 Å². The molecule has 6 rings (SSSR count). The van der Waals surface area contributed by atoms with Gasteiger partial charge >= 0.3 is 0 Å². The monoisotopic (exact) mass is 448 g/mol. The number of benzene rings is 3. The first-order valence-corrected chi connectivity index (χ1v) is 10.9. The molecule has 0 aliphatic carbocycles. The molecule has 3 aromatic carbocycles. The molecule has 34 heavy (non-hydrogen) atoms. The number of amides is 2. The zero-order chi connectivity index (χ0) is 23.7. The zero-order valence-corrected chi connectivity index (χ0v) is 18.4. The minimum absolute atomic E-state index is 0.0426. The number of carbonyl (C=O) groups excluding carboxylic acids is 2. The van der Waals surface area contributed by atoms with Gasteiger partial charge in [-0.25, -0.2) is 0 Å². The van der Waals surface area contributed by atoms with E-state index in [4.69, 9.17) is 10.5 Å². The highest BCUT2D eigenvalue weighted by Crippen LogP contribution is 2.65. The highest BCUT2D eigenvalue weighted by atomic mass is 16.5. The lowest BCUT2D eigenvalue weighted by atomic mass is 9.62. The summed E-state index contributed by atoms with van der Waals surface area (Å²) in [5, 5.41) is 10.3. The van der Waals surface area contributed by atoms with Crippen LogP contribution in [0.1, 0.15) is 16.7 Å². The molecule has 2 N–H and O–H groups in total. The number of nitrogens with zero attached hydrogens (tertiary/aromatic N) is 3. The molecule has 0 saturated carbocycles. The number of nitriles is 1. The predicted molar refractivity (Wildman–Crippen MR) is 125 cm³/mol. The summed E-state index contributed by atoms with van der Waals surface area (Å²) < 4.78 is 6.18. The molecule has 3 aliphatic rings. The van der Waals surface area contributed by atoms with Gasteiger partial charge in [-0.3, -0.25) is 9.59 Å². The molecule has 0 aromatic heterocycles. The van der Waals surface area contributed by atoms with Crippen LogP contribution in [0, 0.1) is 11.3 Å². The summed E-state index contributed by atoms with van der Waals surface area (Å²) in [5.41, 5.74) is 5.89. The van der Waals surface area contributed by atoms with Crippen molar-refractivity contribution >= 4 is 23.2 Å². The maximum atomic E-state index is 14.6. The summed E-state index contributed by atoms with van der Waals surface area (Å²) in [4.78, 5) is 31.7. The second-order valence-corrected chi connectivity index (χ2v) is 8.66. The van der Waals surface area contributed by atoms with Crippen molar-refractivity contribution in [1.29, 1.82) is 5.26 Å². The lowest BCUT2D eigenvalue weighted by molar-refractivity contribution is -0.148. The van der Waals surface area contributed by atoms with Gasteiger partial charge in [0.15, 0.2) is 5.41 Å². The Morgan fingerprint density at radius 3 is 2.21 bits per heavy atom. The van der Waals surface area contributed by atoms with Crippen LogP contribution in [0.15, 0.2) is 90.3 Å². The first-order chi connectivity index (χ1) is 16.5. The maximum Gasteiger partial charge on any atom is 0.277 e. The Kier molecular flexibility index (Phi) is 3.96. The average molecular weight is 448 g/mol. The van der Waals surface area contributed by atoms with E-state index in [0.29, 0.717) is 22.5 Å². The second kappa shape index (κ2) is 6.72. The zero-order valence-electron chi connectivity index (χ0n) is 18.4. The van der Waals surface area contributed by atoms with Crippen LogP contribution in [0.25, 0.3) is 0 Å². The number of nitrogens with two attached hydrogens (primary N) is 1. The normalized spacial score (nSPS) is 24.6. The van der Waals surface area contributed by atoms with E-state index >= 15 is 0 Å². The molecule has 0 bridgehead atoms. The molecule has 3 aliphatic heterocycles. The smallest absolute Gasteiger partial charge is 0.277 e. The highest BCUT2D eigenvalue weighted by molar-refractivity contribution is 6.20. The molecule has 0 unspecified atom stereocenters. The Morgan fingerprint density at radius 2 is 1.50 bits per heavy atom. The van der Waals surface area contributed by atoms with Gasteiger partial charge in [-0.15, -0.1) is 0 Å². The lowest BCUT2D eigenvalue weighted by Gasteiger charge is -2.37. The Morgan fingerprint density at radius 1 is 0.882 bits per heavy atom. The van der Waals surface area contributed by atoms with Gasteiger partial charge in [0.25, 0.3) is 5.91 Å². The Bertz CT molecular complexity index is 1460. The van der Waals surface area contributed by atoms with Crippen molar-refractivity contribution in [1.82, 2.24) is 0 Å². The molecular formula is C27H20N4O3. The van der Waals surface area contributed by atoms with Crippen molar-refractivity contribution in [3.05, 3.63) is 107 Å². The molecule has 0 saturated heterocycles. The minimum atomic E-state index is -1.81. The van der Waals surface area contributed by atoms with Crippen molar-refractivity contribution in [2.75, 3.05) is 16.8 Å². The number of fused-ring (bicyclic) bond motifs is 5. The largest absolute Gasteiger partial charge is 0.455 e. The molecule has 7 heteroatoms. The van der Waals surface area contributed by atoms with Crippen LogP contribution in [0.3, 0.4) is 0 Å². The van der Waals surface area contributed by atoms with Crippen LogP contribution in [-0.2, 0) is 31.9 Å². The number of carbonyl (C=O) groups is 2. The van der Waals surface area contributed by atoms with E-state index in [0.717, 1.165) is 5.56 Å². The first kappa shape index (κ1) is 20.1. The van der Waals surface area contributed by atoms with Crippen molar-refractivity contribution in [2.45, 2.75) is 17.6 Å². The van der Waals surface area contributed by atoms with Gasteiger partial charge in [0.1, 0.15) is 11.6 Å². The van der Waals surface area contributed by atoms with Crippen LogP contribution in [-0.4, -0.2) is 18.9 Å². The topological polar surface area (TPSA) is 99.7 Å². The summed E-state index contributed by atoms with van der Waals surface area (Å²) in [7, 11) is 1.64. The van der Waals surface area contributed by atoms with E-state index in [9.17, 15) is 14.9 Å². The molecule has 3 aromatic rings. The Labute approximate surface area is 196 Å². The first-order valence-electron chi connectivity index (χ1n) is 10.9. The SMILES string of the molecule is CN1C(=O)[C@@]2(OC(N)=C(C#N)[C@@]23C(=O)N(Cc2ccccc2)c2ccccc23)c2ccccc21. The third-order valence-electron chi connectivity index (χ3n) is 7.12. The minimum Gasteiger partial charge on any atom is -0.455 e. The molecule has 2 amide bonds. The fraction of sp³-hybridized carbons (Fsp3) is 0.148. The van der Waals surface area contributed by atoms with Crippen molar-refractivity contribution < 1.29 is 14.3 Å². The van der Waals surface area contributed by atoms with E-state index in [-0.39, 0.29) is 18.0 Å². The van der Waals surface area contributed by atoms with Crippen molar-refractivity contribution in [2.24, 2.45) is 5.73 Å². The van der Waals surface area contributed by atoms with E-state index < -0.39 is 22.8 Å². The molecule has 0 fully saturated rings. The summed E-state index contributed by atoms with van der Waals surface area (Å²) in [6, 6.07) is 26.1. The number of anilines is 2. The number of likely N-dealkylation sites (N-methyl/N-ethyl adjacent to an activating group) is 1. The highest BCUT2D eigenvalue weighted by Gasteiger charge is 2.78. The molecule has 166 valence electrons. The van der Waals surface area contributed by atoms with E-state index in [2.05, 4.69) is 6.07 Å². The summed E-state index contributed by atoms with van der Waals surface area (Å²) in [5.74, 6) is -1.05. The predicted octanol–water partition coefficient (Wildman–Crippen LogP) is 3.07. The molecule has 2 atom stereocenters. The molecule has 3 heterocycles. The van der Waals surface area contributed by atoms with Gasteiger partial charge < -0.3 is 20.3 Å².